The average Bonchev–Trinajstić information content (AvgIpc) is 2.32. The van der Waals surface area contributed by atoms with Gasteiger partial charge in [-0.2, -0.15) is 0 Å². The molecule has 18 heavy (non-hydrogen) atoms. The highest BCUT2D eigenvalue weighted by Crippen LogP contribution is 2.37. The maximum Gasteiger partial charge on any atom is 0.133 e. The molecule has 0 atom stereocenters. The van der Waals surface area contributed by atoms with Crippen molar-refractivity contribution in [2.75, 3.05) is 11.9 Å². The van der Waals surface area contributed by atoms with Crippen LogP contribution in [-0.4, -0.2) is 19.3 Å². The van der Waals surface area contributed by atoms with E-state index in [1.54, 1.807) is 30.9 Å². The fourth-order valence-corrected chi connectivity index (χ4v) is 2.24. The molecule has 1 aromatic carbocycles. The van der Waals surface area contributed by atoms with E-state index in [-0.39, 0.29) is 17.8 Å². The van der Waals surface area contributed by atoms with Crippen LogP contribution < -0.4 is 4.90 Å². The van der Waals surface area contributed by atoms with Gasteiger partial charge in [-0.1, -0.05) is 0 Å². The Labute approximate surface area is 104 Å². The molecule has 1 aromatic rings. The van der Waals surface area contributed by atoms with Crippen molar-refractivity contribution in [1.29, 1.82) is 0 Å². The lowest BCUT2D eigenvalue weighted by atomic mass is 9.95. The van der Waals surface area contributed by atoms with E-state index in [1.807, 2.05) is 0 Å². The molecule has 1 heterocycles. The van der Waals surface area contributed by atoms with E-state index in [0.717, 1.165) is 17.5 Å². The highest BCUT2D eigenvalue weighted by atomic mass is 19.1. The number of anilines is 1. The summed E-state index contributed by atoms with van der Waals surface area (Å²) >= 11 is 0. The van der Waals surface area contributed by atoms with E-state index < -0.39 is 0 Å². The average molecular weight is 245 g/mol. The third-order valence-corrected chi connectivity index (χ3v) is 3.04. The van der Waals surface area contributed by atoms with E-state index in [0.29, 0.717) is 11.3 Å². The molecule has 0 unspecified atom stereocenters. The topological polar surface area (TPSA) is 37.4 Å². The molecule has 0 fully saturated rings. The van der Waals surface area contributed by atoms with Crippen LogP contribution in [0.3, 0.4) is 0 Å². The number of nitrogens with zero attached hydrogens (tertiary/aromatic N) is 1. The fourth-order valence-electron chi connectivity index (χ4n) is 2.24. The van der Waals surface area contributed by atoms with Gasteiger partial charge in [-0.15, -0.1) is 0 Å². The quantitative estimate of drug-likeness (QED) is 0.592. The molecule has 0 bridgehead atoms. The van der Waals surface area contributed by atoms with Crippen molar-refractivity contribution in [3.63, 3.8) is 0 Å². The third kappa shape index (κ3) is 1.87. The zero-order valence-electron chi connectivity index (χ0n) is 10.2. The molecule has 0 saturated carbocycles. The van der Waals surface area contributed by atoms with Crippen LogP contribution >= 0.6 is 0 Å². The lowest BCUT2D eigenvalue weighted by Gasteiger charge is -2.30. The summed E-state index contributed by atoms with van der Waals surface area (Å²) in [6, 6.07) is 2.72. The second kappa shape index (κ2) is 4.59. The molecule has 0 amide bonds. The summed E-state index contributed by atoms with van der Waals surface area (Å²) in [5.41, 5.74) is 2.96. The van der Waals surface area contributed by atoms with E-state index >= 15 is 0 Å². The van der Waals surface area contributed by atoms with Crippen LogP contribution in [0.4, 0.5) is 10.1 Å². The highest BCUT2D eigenvalue weighted by Gasteiger charge is 2.22. The number of hydrogen-bond donors (Lipinski definition) is 0. The normalized spacial score (nSPS) is 13.8. The molecule has 0 aliphatic carbocycles. The summed E-state index contributed by atoms with van der Waals surface area (Å²) in [7, 11) is 1.79. The first-order valence-electron chi connectivity index (χ1n) is 5.52. The zero-order valence-corrected chi connectivity index (χ0v) is 10.2. The number of carbonyl (C=O) groups excluding carboxylic acids is 2. The van der Waals surface area contributed by atoms with Gasteiger partial charge in [-0.25, -0.2) is 9.18 Å². The number of carbonyl (C=O) groups is 1. The Hall–Kier alpha value is -2.19. The summed E-state index contributed by atoms with van der Waals surface area (Å²) in [4.78, 5) is 23.4. The van der Waals surface area contributed by atoms with Crippen LogP contribution in [0.1, 0.15) is 17.5 Å². The maximum atomic E-state index is 13.4. The number of benzene rings is 1. The number of aryl methyl sites for hydroxylation is 1. The van der Waals surface area contributed by atoms with Gasteiger partial charge >= 0.3 is 0 Å². The van der Waals surface area contributed by atoms with Gasteiger partial charge in [0, 0.05) is 24.7 Å². The number of halogens is 1. The number of rotatable bonds is 2. The van der Waals surface area contributed by atoms with Crippen molar-refractivity contribution in [3.05, 3.63) is 40.8 Å². The van der Waals surface area contributed by atoms with Gasteiger partial charge in [0.1, 0.15) is 18.0 Å². The van der Waals surface area contributed by atoms with Crippen molar-refractivity contribution >= 4 is 23.5 Å². The first-order valence-corrected chi connectivity index (χ1v) is 5.52. The lowest BCUT2D eigenvalue weighted by Crippen LogP contribution is -2.23. The van der Waals surface area contributed by atoms with Gasteiger partial charge in [0.15, 0.2) is 0 Å². The molecule has 0 saturated heterocycles. The van der Waals surface area contributed by atoms with Crippen LogP contribution in [0.5, 0.6) is 0 Å². The summed E-state index contributed by atoms with van der Waals surface area (Å²) < 4.78 is 13.4. The van der Waals surface area contributed by atoms with E-state index in [4.69, 9.17) is 0 Å². The molecule has 2 rings (SSSR count). The van der Waals surface area contributed by atoms with Crippen LogP contribution in [0.15, 0.2) is 23.9 Å². The Kier molecular flexibility index (Phi) is 3.13. The van der Waals surface area contributed by atoms with Crippen LogP contribution in [-0.2, 0) is 9.59 Å². The van der Waals surface area contributed by atoms with Gasteiger partial charge in [0.25, 0.3) is 0 Å². The van der Waals surface area contributed by atoms with Crippen molar-refractivity contribution in [2.24, 2.45) is 0 Å². The summed E-state index contributed by atoms with van der Waals surface area (Å²) in [6.07, 6.45) is 2.55. The number of hydrogen-bond acceptors (Lipinski definition) is 3. The molecule has 0 aromatic heterocycles. The van der Waals surface area contributed by atoms with Gasteiger partial charge in [0.2, 0.25) is 0 Å². The largest absolute Gasteiger partial charge is 0.347 e. The molecule has 1 aliphatic rings. The molecule has 92 valence electrons. The molecule has 3 nitrogen and oxygen atoms in total. The van der Waals surface area contributed by atoms with E-state index in [1.165, 1.54) is 12.1 Å². The van der Waals surface area contributed by atoms with E-state index in [2.05, 4.69) is 0 Å². The van der Waals surface area contributed by atoms with Gasteiger partial charge < -0.3 is 9.69 Å². The smallest absolute Gasteiger partial charge is 0.133 e. The second-order valence-electron chi connectivity index (χ2n) is 4.20. The summed E-state index contributed by atoms with van der Waals surface area (Å²) in [5, 5.41) is 0. The predicted octanol–water partition coefficient (Wildman–Crippen LogP) is 2.27. The molecule has 0 N–H and O–H groups in total. The van der Waals surface area contributed by atoms with Crippen LogP contribution in [0.2, 0.25) is 0 Å². The van der Waals surface area contributed by atoms with Crippen molar-refractivity contribution in [2.45, 2.75) is 13.3 Å². The van der Waals surface area contributed by atoms with Crippen LogP contribution in [0.25, 0.3) is 5.57 Å². The van der Waals surface area contributed by atoms with Gasteiger partial charge in [0.05, 0.1) is 11.3 Å². The minimum atomic E-state index is -0.389. The number of aldehydes is 1. The molecular formula is C14H12FNO2. The minimum Gasteiger partial charge on any atom is -0.347 e. The Morgan fingerprint density at radius 1 is 1.44 bits per heavy atom. The first-order chi connectivity index (χ1) is 8.58. The SMILES string of the molecule is Cc1cc(F)cc2c1N(C)C(CC=O)=CC2=C=O. The number of fused-ring (bicyclic) bond motifs is 1. The summed E-state index contributed by atoms with van der Waals surface area (Å²) in [6.45, 7) is 1.77. The standard InChI is InChI=1S/C14H12FNO2/c1-9-5-11(15)7-13-10(8-18)6-12(3-4-17)16(2)14(9)13/h4-7H,3H2,1-2H3. The van der Waals surface area contributed by atoms with Gasteiger partial charge in [-0.05, 0) is 30.7 Å². The van der Waals surface area contributed by atoms with E-state index in [9.17, 15) is 14.0 Å². The van der Waals surface area contributed by atoms with Crippen molar-refractivity contribution < 1.29 is 14.0 Å². The Morgan fingerprint density at radius 3 is 2.78 bits per heavy atom. The lowest BCUT2D eigenvalue weighted by molar-refractivity contribution is -0.107. The van der Waals surface area contributed by atoms with Crippen molar-refractivity contribution in [3.8, 4) is 0 Å². The molecule has 0 spiro atoms. The third-order valence-electron chi connectivity index (χ3n) is 3.04. The Bertz CT molecular complexity index is 598. The minimum absolute atomic E-state index is 0.206. The predicted molar refractivity (Wildman–Crippen MR) is 67.4 cm³/mol. The molecule has 0 radical (unpaired) electrons. The fraction of sp³-hybridized carbons (Fsp3) is 0.214. The molecular weight excluding hydrogens is 233 g/mol. The first kappa shape index (κ1) is 12.3. The summed E-state index contributed by atoms with van der Waals surface area (Å²) in [5.74, 6) is 1.42. The van der Waals surface area contributed by atoms with Crippen LogP contribution in [0, 0.1) is 12.7 Å². The van der Waals surface area contributed by atoms with Crippen molar-refractivity contribution in [1.82, 2.24) is 0 Å². The maximum absolute atomic E-state index is 13.4. The molecule has 4 heteroatoms. The van der Waals surface area contributed by atoms with Gasteiger partial charge in [-0.3, -0.25) is 0 Å². The monoisotopic (exact) mass is 245 g/mol. The number of allylic oxidation sites excluding steroid dienone is 3. The second-order valence-corrected chi connectivity index (χ2v) is 4.20. The Balaban J connectivity index is 2.69. The Morgan fingerprint density at radius 2 is 2.17 bits per heavy atom. The molecule has 1 aliphatic heterocycles. The highest BCUT2D eigenvalue weighted by molar-refractivity contribution is 6.01. The zero-order chi connectivity index (χ0) is 13.3.